The summed E-state index contributed by atoms with van der Waals surface area (Å²) < 4.78 is 15.6. The van der Waals surface area contributed by atoms with Gasteiger partial charge in [-0.1, -0.05) is 62.3 Å². The van der Waals surface area contributed by atoms with Crippen molar-refractivity contribution in [3.63, 3.8) is 0 Å². The second-order valence-corrected chi connectivity index (χ2v) is 12.3. The molecule has 2 aliphatic rings. The Morgan fingerprint density at radius 2 is 1.47 bits per heavy atom. The molecule has 0 amide bonds. The van der Waals surface area contributed by atoms with E-state index in [1.165, 1.54) is 24.1 Å². The lowest BCUT2D eigenvalue weighted by atomic mass is 9.86. The van der Waals surface area contributed by atoms with E-state index in [9.17, 15) is 10.5 Å². The van der Waals surface area contributed by atoms with Gasteiger partial charge in [0, 0.05) is 28.4 Å². The van der Waals surface area contributed by atoms with E-state index in [4.69, 9.17) is 9.47 Å². The highest BCUT2D eigenvalue weighted by molar-refractivity contribution is 8.32. The summed E-state index contributed by atoms with van der Waals surface area (Å²) in [5.74, 6) is 0. The second-order valence-electron chi connectivity index (χ2n) is 8.92. The summed E-state index contributed by atoms with van der Waals surface area (Å²) >= 11 is 5.20. The molecule has 0 fully saturated rings. The molecule has 178 valence electrons. The van der Waals surface area contributed by atoms with Gasteiger partial charge in [0.1, 0.15) is 17.7 Å². The van der Waals surface area contributed by atoms with Crippen LogP contribution in [0.1, 0.15) is 50.7 Å². The van der Waals surface area contributed by atoms with Crippen LogP contribution < -0.4 is 9.06 Å². The third-order valence-corrected chi connectivity index (χ3v) is 10.3. The fraction of sp³-hybridized carbons (Fsp3) is 0.481. The Labute approximate surface area is 214 Å². The molecule has 1 aliphatic heterocycles. The van der Waals surface area contributed by atoms with Gasteiger partial charge in [-0.3, -0.25) is 0 Å². The molecule has 1 aromatic heterocycles. The predicted molar refractivity (Wildman–Crippen MR) is 141 cm³/mol. The van der Waals surface area contributed by atoms with Gasteiger partial charge in [-0.2, -0.15) is 10.5 Å². The lowest BCUT2D eigenvalue weighted by Crippen LogP contribution is -2.35. The lowest BCUT2D eigenvalue weighted by Gasteiger charge is -2.29. The van der Waals surface area contributed by atoms with Gasteiger partial charge in [0.25, 0.3) is 0 Å². The molecule has 2 heterocycles. The largest absolute Gasteiger partial charge is 0.381 e. The van der Waals surface area contributed by atoms with Crippen LogP contribution >= 0.6 is 34.9 Å². The van der Waals surface area contributed by atoms with Gasteiger partial charge < -0.3 is 9.47 Å². The summed E-state index contributed by atoms with van der Waals surface area (Å²) in [6.45, 7) is 7.14. The zero-order valence-corrected chi connectivity index (χ0v) is 22.3. The summed E-state index contributed by atoms with van der Waals surface area (Å²) in [4.78, 5) is 2.54. The van der Waals surface area contributed by atoms with Gasteiger partial charge in [-0.05, 0) is 48.9 Å². The minimum Gasteiger partial charge on any atom is -0.381 e. The van der Waals surface area contributed by atoms with Crippen molar-refractivity contribution >= 4 is 44.7 Å². The molecule has 1 aromatic carbocycles. The van der Waals surface area contributed by atoms with E-state index in [1.54, 1.807) is 34.9 Å². The van der Waals surface area contributed by atoms with Crippen LogP contribution in [-0.4, -0.2) is 26.4 Å². The van der Waals surface area contributed by atoms with Gasteiger partial charge in [-0.15, -0.1) is 11.3 Å². The Morgan fingerprint density at radius 1 is 0.912 bits per heavy atom. The lowest BCUT2D eigenvalue weighted by molar-refractivity contribution is -0.0188. The molecule has 0 bridgehead atoms. The van der Waals surface area contributed by atoms with Crippen molar-refractivity contribution < 1.29 is 9.47 Å². The summed E-state index contributed by atoms with van der Waals surface area (Å²) in [5, 5.41) is 19.4. The minimum atomic E-state index is -0.152. The number of nitrogens with zero attached hydrogens (tertiary/aromatic N) is 2. The fourth-order valence-electron chi connectivity index (χ4n) is 4.43. The molecule has 7 heteroatoms. The molecule has 0 N–H and O–H groups in total. The van der Waals surface area contributed by atoms with Crippen LogP contribution in [0.2, 0.25) is 0 Å². The molecule has 0 radical (unpaired) electrons. The first-order valence-corrected chi connectivity index (χ1v) is 14.4. The maximum Gasteiger partial charge on any atom is 0.147 e. The molecule has 0 saturated heterocycles. The van der Waals surface area contributed by atoms with Gasteiger partial charge in [0.05, 0.1) is 26.5 Å². The maximum absolute atomic E-state index is 9.69. The number of unbranched alkanes of at least 4 members (excludes halogenated alkanes) is 2. The van der Waals surface area contributed by atoms with E-state index >= 15 is 0 Å². The number of hydrogen-bond donors (Lipinski definition) is 0. The molecule has 4 nitrogen and oxygen atoms in total. The highest BCUT2D eigenvalue weighted by Gasteiger charge is 2.41. The second kappa shape index (κ2) is 11.8. The van der Waals surface area contributed by atoms with Crippen LogP contribution in [0.4, 0.5) is 0 Å². The van der Waals surface area contributed by atoms with E-state index in [0.717, 1.165) is 61.8 Å². The number of benzene rings is 1. The van der Waals surface area contributed by atoms with Crippen molar-refractivity contribution in [1.29, 1.82) is 10.5 Å². The van der Waals surface area contributed by atoms with Crippen molar-refractivity contribution in [2.45, 2.75) is 62.2 Å². The quantitative estimate of drug-likeness (QED) is 0.386. The van der Waals surface area contributed by atoms with Crippen LogP contribution in [0.3, 0.4) is 0 Å². The van der Waals surface area contributed by atoms with Crippen molar-refractivity contribution in [3.8, 4) is 12.1 Å². The smallest absolute Gasteiger partial charge is 0.147 e. The van der Waals surface area contributed by atoms with Crippen LogP contribution in [0.25, 0.3) is 9.81 Å². The molecular formula is C27H30N2O2S3. The SMILES string of the molecule is CCCCOCC1(COCCCC)Cc2c(c(=C3Sc4ccccc4S3)sc2=C(C#N)C#N)C1. The standard InChI is InChI=1S/C27H30N2O2S3/c1-3-5-11-30-17-27(18-31-12-6-4-2)13-20-21(14-27)25(34-24(20)19(15-28)16-29)26-32-22-9-7-8-10-23(22)33-26/h7-10H,3-6,11-14,17-18H2,1-2H3. The molecule has 1 aliphatic carbocycles. The Bertz CT molecular complexity index is 1180. The highest BCUT2D eigenvalue weighted by atomic mass is 32.2. The van der Waals surface area contributed by atoms with Gasteiger partial charge >= 0.3 is 0 Å². The average Bonchev–Trinajstić information content (AvgIpc) is 3.53. The fourth-order valence-corrected chi connectivity index (χ4v) is 8.46. The minimum absolute atomic E-state index is 0.152. The Balaban J connectivity index is 1.75. The number of ether oxygens (including phenoxy) is 2. The average molecular weight is 511 g/mol. The number of nitriles is 2. The molecule has 0 atom stereocenters. The zero-order valence-electron chi connectivity index (χ0n) is 19.8. The molecule has 0 spiro atoms. The Hall–Kier alpha value is -1.74. The number of thioether (sulfide) groups is 2. The molecule has 4 rings (SSSR count). The normalized spacial score (nSPS) is 15.6. The number of rotatable bonds is 10. The summed E-state index contributed by atoms with van der Waals surface area (Å²) in [6, 6.07) is 12.8. The third kappa shape index (κ3) is 5.40. The van der Waals surface area contributed by atoms with Crippen molar-refractivity contribution in [1.82, 2.24) is 0 Å². The van der Waals surface area contributed by atoms with Crippen LogP contribution in [-0.2, 0) is 22.3 Å². The summed E-state index contributed by atoms with van der Waals surface area (Å²) in [5.41, 5.74) is 2.50. The number of hydrogen-bond acceptors (Lipinski definition) is 7. The molecule has 0 unspecified atom stereocenters. The van der Waals surface area contributed by atoms with E-state index in [1.807, 2.05) is 0 Å². The number of thiophene rings is 1. The first-order valence-electron chi connectivity index (χ1n) is 11.9. The predicted octanol–water partition coefficient (Wildman–Crippen LogP) is 5.63. The molecular weight excluding hydrogens is 481 g/mol. The molecule has 0 saturated carbocycles. The topological polar surface area (TPSA) is 66.0 Å². The highest BCUT2D eigenvalue weighted by Crippen LogP contribution is 2.52. The van der Waals surface area contributed by atoms with Gasteiger partial charge in [-0.25, -0.2) is 0 Å². The van der Waals surface area contributed by atoms with Crippen molar-refractivity contribution in [2.24, 2.45) is 5.41 Å². The van der Waals surface area contributed by atoms with Gasteiger partial charge in [0.15, 0.2) is 0 Å². The number of fused-ring (bicyclic) bond motifs is 2. The van der Waals surface area contributed by atoms with Crippen LogP contribution in [0, 0.1) is 28.1 Å². The van der Waals surface area contributed by atoms with Crippen molar-refractivity contribution in [2.75, 3.05) is 26.4 Å². The van der Waals surface area contributed by atoms with E-state index < -0.39 is 0 Å². The first-order chi connectivity index (χ1) is 16.6. The van der Waals surface area contributed by atoms with E-state index in [2.05, 4.69) is 50.3 Å². The molecule has 34 heavy (non-hydrogen) atoms. The monoisotopic (exact) mass is 510 g/mol. The Kier molecular flexibility index (Phi) is 8.80. The molecule has 2 aromatic rings. The van der Waals surface area contributed by atoms with Crippen molar-refractivity contribution in [3.05, 3.63) is 44.5 Å². The van der Waals surface area contributed by atoms with Gasteiger partial charge in [0.2, 0.25) is 0 Å². The van der Waals surface area contributed by atoms with E-state index in [0.29, 0.717) is 13.2 Å². The summed E-state index contributed by atoms with van der Waals surface area (Å²) in [7, 11) is 0. The Morgan fingerprint density at radius 3 is 2.00 bits per heavy atom. The van der Waals surface area contributed by atoms with Crippen LogP contribution in [0.15, 0.2) is 34.1 Å². The summed E-state index contributed by atoms with van der Waals surface area (Å²) in [6.07, 6.45) is 5.96. The first kappa shape index (κ1) is 25.4. The maximum atomic E-state index is 9.69. The third-order valence-electron chi connectivity index (χ3n) is 6.21. The van der Waals surface area contributed by atoms with Crippen LogP contribution in [0.5, 0.6) is 0 Å². The zero-order chi connectivity index (χ0) is 24.0. The van der Waals surface area contributed by atoms with E-state index in [-0.39, 0.29) is 11.0 Å².